The van der Waals surface area contributed by atoms with E-state index in [-0.39, 0.29) is 25.4 Å². The highest BCUT2D eigenvalue weighted by atomic mass is 16.5. The van der Waals surface area contributed by atoms with Crippen LogP contribution in [-0.4, -0.2) is 54.0 Å². The lowest BCUT2D eigenvalue weighted by Crippen LogP contribution is -2.40. The summed E-state index contributed by atoms with van der Waals surface area (Å²) < 4.78 is 11.3. The van der Waals surface area contributed by atoms with Gasteiger partial charge in [0.15, 0.2) is 12.2 Å². The number of carbonyl (C=O) groups is 3. The van der Waals surface area contributed by atoms with Crippen LogP contribution in [0.2, 0.25) is 0 Å². The molecule has 1 heterocycles. The predicted octanol–water partition coefficient (Wildman–Crippen LogP) is 0.512. The number of oxazole rings is 1. The number of carbonyl (C=O) groups excluding carboxylic acids is 3. The fraction of sp³-hybridized carbons (Fsp3) is 0.444. The number of amides is 2. The van der Waals surface area contributed by atoms with Gasteiger partial charge < -0.3 is 19.4 Å². The van der Waals surface area contributed by atoms with E-state index in [1.807, 2.05) is 6.92 Å². The molecule has 2 amide bonds. The number of aryl methyl sites for hydroxylation is 1. The maximum absolute atomic E-state index is 11.9. The Labute approximate surface area is 155 Å². The molecule has 1 aromatic heterocycles. The van der Waals surface area contributed by atoms with Gasteiger partial charge in [-0.1, -0.05) is 19.1 Å². The van der Waals surface area contributed by atoms with Crippen LogP contribution in [0.4, 0.5) is 0 Å². The second-order valence-electron chi connectivity index (χ2n) is 6.00. The van der Waals surface area contributed by atoms with E-state index in [1.165, 1.54) is 16.5 Å². The summed E-state index contributed by atoms with van der Waals surface area (Å²) in [5.41, 5.74) is 1.03. The molecule has 27 heavy (non-hydrogen) atoms. The van der Waals surface area contributed by atoms with E-state index in [0.717, 1.165) is 6.42 Å². The average molecular weight is 377 g/mol. The second kappa shape index (κ2) is 9.56. The van der Waals surface area contributed by atoms with Crippen LogP contribution in [0.1, 0.15) is 19.8 Å². The fourth-order valence-corrected chi connectivity index (χ4v) is 2.38. The standard InChI is InChI=1S/C18H23N3O6/c1-3-9-19-15(22)11-20(2)16(23)12-26-17(24)8-10-21-13-6-4-5-7-14(13)27-18(21)25/h4-7H,3,8-12H2,1-2H3,(H,19,22). The molecule has 0 unspecified atom stereocenters. The van der Waals surface area contributed by atoms with Gasteiger partial charge in [-0.2, -0.15) is 0 Å². The number of likely N-dealkylation sites (N-methyl/N-ethyl adjacent to an activating group) is 1. The third-order valence-electron chi connectivity index (χ3n) is 3.85. The lowest BCUT2D eigenvalue weighted by molar-refractivity contribution is -0.152. The Hall–Kier alpha value is -3.10. The fourth-order valence-electron chi connectivity index (χ4n) is 2.38. The highest BCUT2D eigenvalue weighted by Gasteiger charge is 2.16. The molecule has 1 N–H and O–H groups in total. The van der Waals surface area contributed by atoms with E-state index in [4.69, 9.17) is 9.15 Å². The first kappa shape index (κ1) is 20.2. The van der Waals surface area contributed by atoms with Crippen LogP contribution in [0.5, 0.6) is 0 Å². The summed E-state index contributed by atoms with van der Waals surface area (Å²) in [7, 11) is 1.46. The Balaban J connectivity index is 1.78. The molecule has 0 radical (unpaired) electrons. The maximum Gasteiger partial charge on any atom is 0.419 e. The second-order valence-corrected chi connectivity index (χ2v) is 6.00. The molecular weight excluding hydrogens is 354 g/mol. The minimum atomic E-state index is -0.621. The highest BCUT2D eigenvalue weighted by Crippen LogP contribution is 2.12. The molecule has 0 atom stereocenters. The zero-order valence-corrected chi connectivity index (χ0v) is 15.4. The molecule has 0 aliphatic carbocycles. The van der Waals surface area contributed by atoms with Gasteiger partial charge in [0.05, 0.1) is 18.5 Å². The number of para-hydroxylation sites is 2. The van der Waals surface area contributed by atoms with E-state index in [1.54, 1.807) is 24.3 Å². The zero-order valence-electron chi connectivity index (χ0n) is 15.4. The van der Waals surface area contributed by atoms with Crippen LogP contribution in [0.3, 0.4) is 0 Å². The van der Waals surface area contributed by atoms with Gasteiger partial charge in [-0.05, 0) is 18.6 Å². The molecule has 9 nitrogen and oxygen atoms in total. The number of hydrogen-bond donors (Lipinski definition) is 1. The molecule has 2 aromatic rings. The number of nitrogens with zero attached hydrogens (tertiary/aromatic N) is 2. The van der Waals surface area contributed by atoms with Crippen molar-refractivity contribution in [2.45, 2.75) is 26.3 Å². The molecule has 0 bridgehead atoms. The van der Waals surface area contributed by atoms with Crippen molar-refractivity contribution in [2.24, 2.45) is 0 Å². The normalized spacial score (nSPS) is 10.6. The average Bonchev–Trinajstić information content (AvgIpc) is 2.97. The molecule has 1 aromatic carbocycles. The summed E-state index contributed by atoms with van der Waals surface area (Å²) in [6, 6.07) is 6.89. The molecule has 146 valence electrons. The zero-order chi connectivity index (χ0) is 19.8. The minimum absolute atomic E-state index is 0.0815. The largest absolute Gasteiger partial charge is 0.456 e. The summed E-state index contributed by atoms with van der Waals surface area (Å²) >= 11 is 0. The summed E-state index contributed by atoms with van der Waals surface area (Å²) in [5.74, 6) is -1.94. The topological polar surface area (TPSA) is 111 Å². The Bertz CT molecular complexity index is 869. The lowest BCUT2D eigenvalue weighted by atomic mass is 10.3. The molecule has 0 saturated carbocycles. The van der Waals surface area contributed by atoms with E-state index >= 15 is 0 Å². The Morgan fingerprint density at radius 2 is 2.00 bits per heavy atom. The Morgan fingerprint density at radius 1 is 1.26 bits per heavy atom. The predicted molar refractivity (Wildman–Crippen MR) is 97.0 cm³/mol. The molecule has 0 aliphatic heterocycles. The van der Waals surface area contributed by atoms with Gasteiger partial charge in [0, 0.05) is 20.1 Å². The van der Waals surface area contributed by atoms with Crippen LogP contribution in [0.15, 0.2) is 33.5 Å². The van der Waals surface area contributed by atoms with Crippen LogP contribution < -0.4 is 11.1 Å². The summed E-state index contributed by atoms with van der Waals surface area (Å²) in [5, 5.41) is 2.66. The van der Waals surface area contributed by atoms with Gasteiger partial charge in [0.2, 0.25) is 5.91 Å². The number of fused-ring (bicyclic) bond motifs is 1. The van der Waals surface area contributed by atoms with Crippen molar-refractivity contribution in [1.82, 2.24) is 14.8 Å². The van der Waals surface area contributed by atoms with Crippen molar-refractivity contribution in [2.75, 3.05) is 26.7 Å². The van der Waals surface area contributed by atoms with E-state index < -0.39 is 24.2 Å². The maximum atomic E-state index is 11.9. The van der Waals surface area contributed by atoms with Crippen molar-refractivity contribution in [3.63, 3.8) is 0 Å². The SMILES string of the molecule is CCCNC(=O)CN(C)C(=O)COC(=O)CCn1c(=O)oc2ccccc21. The van der Waals surface area contributed by atoms with Crippen molar-refractivity contribution in [1.29, 1.82) is 0 Å². The number of rotatable bonds is 9. The smallest absolute Gasteiger partial charge is 0.419 e. The Morgan fingerprint density at radius 3 is 2.74 bits per heavy atom. The number of hydrogen-bond acceptors (Lipinski definition) is 6. The van der Waals surface area contributed by atoms with Crippen molar-refractivity contribution < 1.29 is 23.5 Å². The van der Waals surface area contributed by atoms with Gasteiger partial charge in [-0.15, -0.1) is 0 Å². The molecule has 0 fully saturated rings. The molecule has 9 heteroatoms. The molecular formula is C18H23N3O6. The highest BCUT2D eigenvalue weighted by molar-refractivity contribution is 5.86. The number of ether oxygens (including phenoxy) is 1. The molecule has 0 aliphatic rings. The van der Waals surface area contributed by atoms with E-state index in [0.29, 0.717) is 17.6 Å². The van der Waals surface area contributed by atoms with Crippen molar-refractivity contribution >= 4 is 28.9 Å². The van der Waals surface area contributed by atoms with Gasteiger partial charge >= 0.3 is 11.7 Å². The van der Waals surface area contributed by atoms with Crippen molar-refractivity contribution in [3.8, 4) is 0 Å². The van der Waals surface area contributed by atoms with Crippen LogP contribution >= 0.6 is 0 Å². The first-order chi connectivity index (χ1) is 12.9. The van der Waals surface area contributed by atoms with E-state index in [9.17, 15) is 19.2 Å². The quantitative estimate of drug-likeness (QED) is 0.638. The molecule has 2 rings (SSSR count). The third-order valence-corrected chi connectivity index (χ3v) is 3.85. The van der Waals surface area contributed by atoms with Crippen LogP contribution in [0, 0.1) is 0 Å². The van der Waals surface area contributed by atoms with Gasteiger partial charge in [-0.3, -0.25) is 19.0 Å². The monoisotopic (exact) mass is 377 g/mol. The third kappa shape index (κ3) is 5.70. The lowest BCUT2D eigenvalue weighted by Gasteiger charge is -2.16. The number of nitrogens with one attached hydrogen (secondary N) is 1. The minimum Gasteiger partial charge on any atom is -0.456 e. The summed E-state index contributed by atoms with van der Waals surface area (Å²) in [6.07, 6.45) is 0.716. The van der Waals surface area contributed by atoms with Gasteiger partial charge in [0.25, 0.3) is 5.91 Å². The number of aromatic nitrogens is 1. The summed E-state index contributed by atoms with van der Waals surface area (Å²) in [6.45, 7) is 1.98. The number of benzene rings is 1. The van der Waals surface area contributed by atoms with Crippen molar-refractivity contribution in [3.05, 3.63) is 34.8 Å². The number of esters is 1. The molecule has 0 saturated heterocycles. The van der Waals surface area contributed by atoms with Crippen LogP contribution in [-0.2, 0) is 25.7 Å². The Kier molecular flexibility index (Phi) is 7.16. The first-order valence-corrected chi connectivity index (χ1v) is 8.67. The van der Waals surface area contributed by atoms with E-state index in [2.05, 4.69) is 5.32 Å². The van der Waals surface area contributed by atoms with Gasteiger partial charge in [-0.25, -0.2) is 4.79 Å². The summed E-state index contributed by atoms with van der Waals surface area (Å²) in [4.78, 5) is 48.4. The van der Waals surface area contributed by atoms with Crippen LogP contribution in [0.25, 0.3) is 11.1 Å². The first-order valence-electron chi connectivity index (χ1n) is 8.67. The molecule has 0 spiro atoms. The van der Waals surface area contributed by atoms with Gasteiger partial charge in [0.1, 0.15) is 0 Å².